The van der Waals surface area contributed by atoms with Crippen molar-refractivity contribution in [3.8, 4) is 0 Å². The van der Waals surface area contributed by atoms with E-state index in [1.807, 2.05) is 4.90 Å². The van der Waals surface area contributed by atoms with Gasteiger partial charge in [0.05, 0.1) is 5.75 Å². The number of anilines is 1. The molecule has 180 valence electrons. The van der Waals surface area contributed by atoms with E-state index >= 15 is 0 Å². The van der Waals surface area contributed by atoms with Gasteiger partial charge in [-0.2, -0.15) is 0 Å². The summed E-state index contributed by atoms with van der Waals surface area (Å²) in [5, 5.41) is 3.81. The summed E-state index contributed by atoms with van der Waals surface area (Å²) in [5.74, 6) is 1.24. The van der Waals surface area contributed by atoms with Gasteiger partial charge in [-0.3, -0.25) is 9.59 Å². The van der Waals surface area contributed by atoms with Crippen molar-refractivity contribution in [1.82, 2.24) is 20.2 Å². The second-order valence-corrected chi connectivity index (χ2v) is 9.70. The zero-order valence-corrected chi connectivity index (χ0v) is 21.3. The summed E-state index contributed by atoms with van der Waals surface area (Å²) in [5.41, 5.74) is 0. The fourth-order valence-electron chi connectivity index (χ4n) is 3.78. The number of unbranched alkanes of at least 4 members (excludes halogenated alkanes) is 5. The van der Waals surface area contributed by atoms with Crippen LogP contribution in [-0.2, 0) is 9.59 Å². The van der Waals surface area contributed by atoms with Crippen LogP contribution in [-0.4, -0.2) is 64.7 Å². The van der Waals surface area contributed by atoms with Crippen LogP contribution in [0.15, 0.2) is 11.2 Å². The highest BCUT2D eigenvalue weighted by Gasteiger charge is 2.28. The molecule has 2 amide bonds. The predicted molar refractivity (Wildman–Crippen MR) is 132 cm³/mol. The fourth-order valence-corrected chi connectivity index (χ4v) is 4.69. The van der Waals surface area contributed by atoms with Crippen LogP contribution in [0.5, 0.6) is 0 Å². The highest BCUT2D eigenvalue weighted by molar-refractivity contribution is 7.99. The zero-order chi connectivity index (χ0) is 23.3. The summed E-state index contributed by atoms with van der Waals surface area (Å²) in [6.07, 6.45) is 8.32. The van der Waals surface area contributed by atoms with E-state index in [4.69, 9.17) is 11.6 Å². The second-order valence-electron chi connectivity index (χ2n) is 8.37. The minimum atomic E-state index is -0.0135. The molecule has 1 aliphatic rings. The van der Waals surface area contributed by atoms with Crippen LogP contribution < -0.4 is 10.2 Å². The molecule has 9 heteroatoms. The maximum Gasteiger partial charge on any atom is 0.230 e. The van der Waals surface area contributed by atoms with Crippen molar-refractivity contribution >= 4 is 41.0 Å². The summed E-state index contributed by atoms with van der Waals surface area (Å²) in [7, 11) is 0. The molecule has 0 bridgehead atoms. The minimum absolute atomic E-state index is 0.0135. The Balaban J connectivity index is 1.85. The first kappa shape index (κ1) is 26.7. The number of aromatic nitrogens is 2. The van der Waals surface area contributed by atoms with Gasteiger partial charge in [0.2, 0.25) is 11.8 Å². The number of piperazine rings is 1. The van der Waals surface area contributed by atoms with Gasteiger partial charge >= 0.3 is 0 Å². The van der Waals surface area contributed by atoms with E-state index in [2.05, 4.69) is 41.0 Å². The van der Waals surface area contributed by atoms with E-state index in [0.717, 1.165) is 37.9 Å². The number of hydrogen-bond acceptors (Lipinski definition) is 6. The van der Waals surface area contributed by atoms with E-state index in [9.17, 15) is 9.59 Å². The molecule has 1 aliphatic heterocycles. The van der Waals surface area contributed by atoms with Crippen molar-refractivity contribution < 1.29 is 9.59 Å². The van der Waals surface area contributed by atoms with Gasteiger partial charge in [-0.15, -0.1) is 0 Å². The van der Waals surface area contributed by atoms with Crippen molar-refractivity contribution in [2.45, 2.75) is 83.3 Å². The Bertz CT molecular complexity index is 736. The third kappa shape index (κ3) is 9.14. The summed E-state index contributed by atoms with van der Waals surface area (Å²) in [4.78, 5) is 37.6. The largest absolute Gasteiger partial charge is 0.355 e. The van der Waals surface area contributed by atoms with E-state index in [0.29, 0.717) is 42.9 Å². The summed E-state index contributed by atoms with van der Waals surface area (Å²) >= 11 is 7.54. The normalized spacial score (nSPS) is 16.3. The Labute approximate surface area is 202 Å². The van der Waals surface area contributed by atoms with Gasteiger partial charge in [-0.1, -0.05) is 69.3 Å². The van der Waals surface area contributed by atoms with Crippen LogP contribution >= 0.6 is 23.4 Å². The summed E-state index contributed by atoms with van der Waals surface area (Å²) in [6.45, 7) is 9.19. The molecule has 0 spiro atoms. The molecule has 1 N–H and O–H groups in total. The number of hydrogen-bond donors (Lipinski definition) is 1. The molecule has 32 heavy (non-hydrogen) atoms. The number of nitrogens with zero attached hydrogens (tertiary/aromatic N) is 4. The lowest BCUT2D eigenvalue weighted by Crippen LogP contribution is -2.54. The number of rotatable bonds is 13. The molecule has 1 aromatic heterocycles. The van der Waals surface area contributed by atoms with E-state index in [-0.39, 0.29) is 23.6 Å². The van der Waals surface area contributed by atoms with Gasteiger partial charge in [-0.25, -0.2) is 9.97 Å². The first-order valence-corrected chi connectivity index (χ1v) is 13.3. The lowest BCUT2D eigenvalue weighted by molar-refractivity contribution is -0.133. The summed E-state index contributed by atoms with van der Waals surface area (Å²) in [6, 6.07) is 1.87. The van der Waals surface area contributed by atoms with Gasteiger partial charge in [0.1, 0.15) is 11.0 Å². The Morgan fingerprint density at radius 3 is 2.59 bits per heavy atom. The molecule has 7 nitrogen and oxygen atoms in total. The van der Waals surface area contributed by atoms with Crippen molar-refractivity contribution in [3.63, 3.8) is 0 Å². The highest BCUT2D eigenvalue weighted by atomic mass is 35.5. The number of amides is 2. The molecule has 1 saturated heterocycles. The van der Waals surface area contributed by atoms with E-state index in [1.165, 1.54) is 24.6 Å². The lowest BCUT2D eigenvalue weighted by atomic mass is 10.1. The third-order valence-corrected chi connectivity index (χ3v) is 6.65. The molecule has 0 aliphatic carbocycles. The van der Waals surface area contributed by atoms with Gasteiger partial charge in [0.15, 0.2) is 5.16 Å². The van der Waals surface area contributed by atoms with Gasteiger partial charge in [0, 0.05) is 44.7 Å². The number of carbonyl (C=O) groups excluding carboxylic acids is 2. The first-order valence-electron chi connectivity index (χ1n) is 11.9. The van der Waals surface area contributed by atoms with Gasteiger partial charge < -0.3 is 15.1 Å². The summed E-state index contributed by atoms with van der Waals surface area (Å²) < 4.78 is 0. The molecule has 2 heterocycles. The number of carbonyl (C=O) groups is 2. The molecule has 1 aromatic rings. The zero-order valence-electron chi connectivity index (χ0n) is 19.7. The fraction of sp³-hybridized carbons (Fsp3) is 0.739. The van der Waals surface area contributed by atoms with Gasteiger partial charge in [0.25, 0.3) is 0 Å². The van der Waals surface area contributed by atoms with Crippen molar-refractivity contribution in [2.24, 2.45) is 0 Å². The SMILES string of the molecule is CCCCCCNC(=O)CSc1nc(Cl)cc(N2CCN(C(=O)CCCCC)C(C)C2)n1. The molecule has 0 radical (unpaired) electrons. The van der Waals surface area contributed by atoms with E-state index in [1.54, 1.807) is 6.07 Å². The van der Waals surface area contributed by atoms with E-state index < -0.39 is 0 Å². The Hall–Kier alpha value is -1.54. The van der Waals surface area contributed by atoms with Crippen molar-refractivity contribution in [3.05, 3.63) is 11.2 Å². The molecular formula is C23H38ClN5O2S. The maximum absolute atomic E-state index is 12.5. The Kier molecular flexibility index (Phi) is 12.2. The molecule has 1 unspecified atom stereocenters. The maximum atomic E-state index is 12.5. The molecule has 1 fully saturated rings. The van der Waals surface area contributed by atoms with Crippen LogP contribution in [0.4, 0.5) is 5.82 Å². The second kappa shape index (κ2) is 14.6. The quantitative estimate of drug-likeness (QED) is 0.192. The van der Waals surface area contributed by atoms with Crippen LogP contribution in [0.1, 0.15) is 72.1 Å². The lowest BCUT2D eigenvalue weighted by Gasteiger charge is -2.40. The number of halogens is 1. The monoisotopic (exact) mass is 483 g/mol. The van der Waals surface area contributed by atoms with Gasteiger partial charge in [-0.05, 0) is 19.8 Å². The van der Waals surface area contributed by atoms with Crippen LogP contribution in [0, 0.1) is 0 Å². The van der Waals surface area contributed by atoms with Crippen molar-refractivity contribution in [2.75, 3.05) is 36.8 Å². The highest BCUT2D eigenvalue weighted by Crippen LogP contribution is 2.24. The van der Waals surface area contributed by atoms with Crippen LogP contribution in [0.3, 0.4) is 0 Å². The van der Waals surface area contributed by atoms with Crippen LogP contribution in [0.2, 0.25) is 5.15 Å². The third-order valence-electron chi connectivity index (χ3n) is 5.61. The number of nitrogens with one attached hydrogen (secondary N) is 1. The Morgan fingerprint density at radius 1 is 1.12 bits per heavy atom. The molecule has 2 rings (SSSR count). The predicted octanol–water partition coefficient (Wildman–Crippen LogP) is 4.54. The molecule has 1 atom stereocenters. The molecular weight excluding hydrogens is 446 g/mol. The first-order chi connectivity index (χ1) is 15.4. The number of thioether (sulfide) groups is 1. The average Bonchev–Trinajstić information content (AvgIpc) is 2.77. The average molecular weight is 484 g/mol. The Morgan fingerprint density at radius 2 is 1.88 bits per heavy atom. The topological polar surface area (TPSA) is 78.4 Å². The smallest absolute Gasteiger partial charge is 0.230 e. The van der Waals surface area contributed by atoms with Crippen LogP contribution in [0.25, 0.3) is 0 Å². The molecule has 0 aromatic carbocycles. The van der Waals surface area contributed by atoms with Crippen molar-refractivity contribution in [1.29, 1.82) is 0 Å². The molecule has 0 saturated carbocycles. The standard InChI is InChI=1S/C23H38ClN5O2S/c1-4-6-8-10-12-25-21(30)17-32-23-26-19(24)15-20(27-23)28-13-14-29(18(3)16-28)22(31)11-9-7-5-2/h15,18H,4-14,16-17H2,1-3H3,(H,25,30). The minimum Gasteiger partial charge on any atom is -0.355 e.